The van der Waals surface area contributed by atoms with E-state index < -0.39 is 0 Å². The van der Waals surface area contributed by atoms with Gasteiger partial charge < -0.3 is 15.2 Å². The fraction of sp³-hybridized carbons (Fsp3) is 0.824. The summed E-state index contributed by atoms with van der Waals surface area (Å²) in [6, 6.07) is -0.0677. The minimum Gasteiger partial charge on any atom is -0.394 e. The molecule has 2 aliphatic rings. The van der Waals surface area contributed by atoms with Crippen LogP contribution in [0.2, 0.25) is 0 Å². The number of hydrogen-bond acceptors (Lipinski definition) is 5. The van der Waals surface area contributed by atoms with Crippen LogP contribution in [0.4, 0.5) is 0 Å². The Bertz CT molecular complexity index is 544. The molecule has 2 heterocycles. The highest BCUT2D eigenvalue weighted by Crippen LogP contribution is 2.30. The van der Waals surface area contributed by atoms with Crippen molar-refractivity contribution in [2.24, 2.45) is 5.92 Å². The van der Waals surface area contributed by atoms with Gasteiger partial charge in [-0.15, -0.1) is 5.10 Å². The van der Waals surface area contributed by atoms with Crippen LogP contribution in [0.25, 0.3) is 0 Å². The van der Waals surface area contributed by atoms with Gasteiger partial charge in [0.15, 0.2) is 0 Å². The first kappa shape index (κ1) is 17.4. The lowest BCUT2D eigenvalue weighted by Gasteiger charge is -2.36. The van der Waals surface area contributed by atoms with Crippen molar-refractivity contribution in [2.45, 2.75) is 76.7 Å². The number of rotatable bonds is 8. The summed E-state index contributed by atoms with van der Waals surface area (Å²) in [5.41, 5.74) is 1.03. The van der Waals surface area contributed by atoms with Gasteiger partial charge in [-0.05, 0) is 38.5 Å². The fourth-order valence-corrected chi connectivity index (χ4v) is 3.25. The van der Waals surface area contributed by atoms with Crippen LogP contribution >= 0.6 is 0 Å². The molecule has 2 N–H and O–H groups in total. The van der Waals surface area contributed by atoms with Crippen LogP contribution < -0.4 is 5.32 Å². The Kier molecular flexibility index (Phi) is 5.84. The minimum absolute atomic E-state index is 0.0594. The van der Waals surface area contributed by atoms with Crippen LogP contribution in [0.15, 0.2) is 6.20 Å². The van der Waals surface area contributed by atoms with E-state index in [4.69, 9.17) is 4.74 Å². The second-order valence-corrected chi connectivity index (χ2v) is 6.96. The van der Waals surface area contributed by atoms with Gasteiger partial charge >= 0.3 is 0 Å². The predicted octanol–water partition coefficient (Wildman–Crippen LogP) is 1.06. The number of ether oxygens (including phenoxy) is 1. The maximum Gasteiger partial charge on any atom is 0.223 e. The van der Waals surface area contributed by atoms with Crippen LogP contribution in [0, 0.1) is 5.92 Å². The second kappa shape index (κ2) is 8.07. The summed E-state index contributed by atoms with van der Waals surface area (Å²) >= 11 is 0. The summed E-state index contributed by atoms with van der Waals surface area (Å²) in [6.45, 7) is 2.83. The van der Waals surface area contributed by atoms with Crippen molar-refractivity contribution in [1.29, 1.82) is 0 Å². The molecule has 1 aromatic heterocycles. The van der Waals surface area contributed by atoms with E-state index in [1.165, 1.54) is 0 Å². The summed E-state index contributed by atoms with van der Waals surface area (Å²) < 4.78 is 7.86. The molecule has 0 radical (unpaired) electrons. The number of carbonyl (C=O) groups is 1. The molecule has 1 saturated carbocycles. The maximum absolute atomic E-state index is 11.9. The second-order valence-electron chi connectivity index (χ2n) is 6.96. The Balaban J connectivity index is 1.45. The molecule has 0 spiro atoms. The Morgan fingerprint density at radius 3 is 2.96 bits per heavy atom. The van der Waals surface area contributed by atoms with Gasteiger partial charge in [0.1, 0.15) is 6.10 Å². The fourth-order valence-electron chi connectivity index (χ4n) is 3.25. The van der Waals surface area contributed by atoms with Crippen molar-refractivity contribution in [1.82, 2.24) is 20.3 Å². The number of amides is 1. The Morgan fingerprint density at radius 2 is 2.25 bits per heavy atom. The van der Waals surface area contributed by atoms with Gasteiger partial charge in [-0.25, -0.2) is 0 Å². The quantitative estimate of drug-likeness (QED) is 0.741. The normalized spacial score (nSPS) is 27.2. The van der Waals surface area contributed by atoms with Gasteiger partial charge in [-0.3, -0.25) is 9.48 Å². The van der Waals surface area contributed by atoms with E-state index in [1.807, 2.05) is 10.9 Å². The lowest BCUT2D eigenvalue weighted by atomic mass is 9.97. The lowest BCUT2D eigenvalue weighted by Crippen LogP contribution is -2.51. The molecule has 0 bridgehead atoms. The molecule has 7 heteroatoms. The summed E-state index contributed by atoms with van der Waals surface area (Å²) in [5.74, 6) is 0.304. The predicted molar refractivity (Wildman–Crippen MR) is 88.3 cm³/mol. The van der Waals surface area contributed by atoms with E-state index in [0.29, 0.717) is 0 Å². The molecule has 1 aliphatic carbocycles. The molecule has 7 nitrogen and oxygen atoms in total. The first-order valence-electron chi connectivity index (χ1n) is 9.15. The number of hydrogen-bond donors (Lipinski definition) is 2. The Hall–Kier alpha value is -1.47. The molecule has 0 aromatic carbocycles. The minimum atomic E-state index is -0.308. The van der Waals surface area contributed by atoms with Crippen molar-refractivity contribution in [3.63, 3.8) is 0 Å². The average molecular weight is 336 g/mol. The van der Waals surface area contributed by atoms with E-state index in [-0.39, 0.29) is 36.7 Å². The van der Waals surface area contributed by atoms with Gasteiger partial charge in [0.2, 0.25) is 5.91 Å². The number of aryl methyl sites for hydroxylation is 2. The van der Waals surface area contributed by atoms with Crippen LogP contribution in [-0.4, -0.2) is 50.9 Å². The lowest BCUT2D eigenvalue weighted by molar-refractivity contribution is -0.129. The molecule has 1 saturated heterocycles. The highest BCUT2D eigenvalue weighted by molar-refractivity contribution is 5.81. The van der Waals surface area contributed by atoms with Crippen LogP contribution in [-0.2, 0) is 22.5 Å². The zero-order chi connectivity index (χ0) is 16.9. The topological polar surface area (TPSA) is 89.3 Å². The first-order valence-corrected chi connectivity index (χ1v) is 9.15. The molecule has 1 aliphatic heterocycles. The smallest absolute Gasteiger partial charge is 0.223 e. The largest absolute Gasteiger partial charge is 0.394 e. The number of aromatic nitrogens is 3. The van der Waals surface area contributed by atoms with Gasteiger partial charge in [0, 0.05) is 18.7 Å². The third-order valence-electron chi connectivity index (χ3n) is 4.84. The summed E-state index contributed by atoms with van der Waals surface area (Å²) in [5, 5.41) is 20.9. The third-order valence-corrected chi connectivity index (χ3v) is 4.84. The Labute approximate surface area is 142 Å². The van der Waals surface area contributed by atoms with E-state index in [2.05, 4.69) is 22.6 Å². The highest BCUT2D eigenvalue weighted by Gasteiger charge is 2.36. The summed E-state index contributed by atoms with van der Waals surface area (Å²) in [4.78, 5) is 11.9. The van der Waals surface area contributed by atoms with Gasteiger partial charge in [-0.1, -0.05) is 18.6 Å². The van der Waals surface area contributed by atoms with Gasteiger partial charge in [-0.2, -0.15) is 0 Å². The molecular weight excluding hydrogens is 308 g/mol. The molecule has 3 atom stereocenters. The SMILES string of the molecule is CCCc1cn(CC[C@H]2CC[C@@H](NC(=O)C3CC3)[C@@H](CO)O2)nn1. The van der Waals surface area contributed by atoms with E-state index in [9.17, 15) is 9.90 Å². The molecule has 3 rings (SSSR count). The Morgan fingerprint density at radius 1 is 1.42 bits per heavy atom. The van der Waals surface area contributed by atoms with Crippen LogP contribution in [0.5, 0.6) is 0 Å². The third kappa shape index (κ3) is 4.54. The summed E-state index contributed by atoms with van der Waals surface area (Å²) in [6.07, 6.45) is 8.37. The number of nitrogens with zero attached hydrogens (tertiary/aromatic N) is 3. The standard InChI is InChI=1S/C17H28N4O3/c1-2-3-13-10-21(20-19-13)9-8-14-6-7-15(16(11-22)24-14)18-17(23)12-4-5-12/h10,12,14-16,22H,2-9,11H2,1H3,(H,18,23)/t14-,15-,16-/m1/s1. The van der Waals surface area contributed by atoms with Gasteiger partial charge in [0.05, 0.1) is 24.4 Å². The van der Waals surface area contributed by atoms with Crippen molar-refractivity contribution in [3.8, 4) is 0 Å². The van der Waals surface area contributed by atoms with E-state index in [0.717, 1.165) is 57.2 Å². The number of carbonyl (C=O) groups excluding carboxylic acids is 1. The van der Waals surface area contributed by atoms with Crippen molar-refractivity contribution >= 4 is 5.91 Å². The molecule has 24 heavy (non-hydrogen) atoms. The van der Waals surface area contributed by atoms with E-state index >= 15 is 0 Å². The van der Waals surface area contributed by atoms with E-state index in [1.54, 1.807) is 0 Å². The molecule has 0 unspecified atom stereocenters. The van der Waals surface area contributed by atoms with Crippen LogP contribution in [0.1, 0.15) is 51.1 Å². The number of aliphatic hydroxyl groups is 1. The monoisotopic (exact) mass is 336 g/mol. The molecular formula is C17H28N4O3. The number of aliphatic hydroxyl groups excluding tert-OH is 1. The summed E-state index contributed by atoms with van der Waals surface area (Å²) in [7, 11) is 0. The van der Waals surface area contributed by atoms with Crippen molar-refractivity contribution in [3.05, 3.63) is 11.9 Å². The average Bonchev–Trinajstić information content (AvgIpc) is 3.35. The van der Waals surface area contributed by atoms with Crippen molar-refractivity contribution < 1.29 is 14.6 Å². The highest BCUT2D eigenvalue weighted by atomic mass is 16.5. The molecule has 1 amide bonds. The van der Waals surface area contributed by atoms with Crippen molar-refractivity contribution in [2.75, 3.05) is 6.61 Å². The molecule has 1 aromatic rings. The molecule has 134 valence electrons. The van der Waals surface area contributed by atoms with Crippen LogP contribution in [0.3, 0.4) is 0 Å². The number of nitrogens with one attached hydrogen (secondary N) is 1. The van der Waals surface area contributed by atoms with Gasteiger partial charge in [0.25, 0.3) is 0 Å². The molecule has 2 fully saturated rings. The zero-order valence-electron chi connectivity index (χ0n) is 14.4. The zero-order valence-corrected chi connectivity index (χ0v) is 14.4. The maximum atomic E-state index is 11.9. The first-order chi connectivity index (χ1) is 11.7.